The van der Waals surface area contributed by atoms with Crippen LogP contribution in [0.15, 0.2) is 29.6 Å². The normalized spacial score (nSPS) is 10.7. The minimum Gasteiger partial charge on any atom is -0.492 e. The molecule has 0 unspecified atom stereocenters. The fourth-order valence-electron chi connectivity index (χ4n) is 1.82. The van der Waals surface area contributed by atoms with Crippen molar-refractivity contribution < 1.29 is 9.53 Å². The summed E-state index contributed by atoms with van der Waals surface area (Å²) in [5.41, 5.74) is 0.930. The number of anilines is 1. The van der Waals surface area contributed by atoms with Crippen LogP contribution in [0.25, 0.3) is 0 Å². The predicted molar refractivity (Wildman–Crippen MR) is 89.7 cm³/mol. The second kappa shape index (κ2) is 8.12. The van der Waals surface area contributed by atoms with Gasteiger partial charge in [-0.15, -0.1) is 11.3 Å². The van der Waals surface area contributed by atoms with Gasteiger partial charge in [-0.25, -0.2) is 4.98 Å². The summed E-state index contributed by atoms with van der Waals surface area (Å²) in [4.78, 5) is 17.4. The van der Waals surface area contributed by atoms with Gasteiger partial charge in [0, 0.05) is 30.4 Å². The number of hydrogen-bond acceptors (Lipinski definition) is 5. The van der Waals surface area contributed by atoms with Crippen molar-refractivity contribution in [1.29, 1.82) is 0 Å². The van der Waals surface area contributed by atoms with E-state index in [1.165, 1.54) is 18.3 Å². The zero-order valence-corrected chi connectivity index (χ0v) is 14.1. The molecular formula is C15H18ClN3O2S. The number of carbonyl (C=O) groups excluding carboxylic acids is 1. The summed E-state index contributed by atoms with van der Waals surface area (Å²) < 4.78 is 5.65. The van der Waals surface area contributed by atoms with Gasteiger partial charge in [-0.05, 0) is 25.2 Å². The van der Waals surface area contributed by atoms with E-state index in [0.717, 1.165) is 18.0 Å². The lowest BCUT2D eigenvalue weighted by molar-refractivity contribution is -0.114. The number of thiazole rings is 1. The number of hydrogen-bond donors (Lipinski definition) is 1. The number of nitrogens with zero attached hydrogens (tertiary/aromatic N) is 2. The van der Waals surface area contributed by atoms with E-state index in [4.69, 9.17) is 16.3 Å². The molecule has 0 fully saturated rings. The van der Waals surface area contributed by atoms with Crippen molar-refractivity contribution in [3.8, 4) is 5.75 Å². The van der Waals surface area contributed by atoms with E-state index in [0.29, 0.717) is 23.3 Å². The lowest BCUT2D eigenvalue weighted by atomic mass is 10.3. The van der Waals surface area contributed by atoms with Crippen LogP contribution in [0, 0.1) is 0 Å². The van der Waals surface area contributed by atoms with Crippen molar-refractivity contribution in [2.24, 2.45) is 0 Å². The van der Waals surface area contributed by atoms with Crippen molar-refractivity contribution in [2.45, 2.75) is 13.5 Å². The first-order chi connectivity index (χ1) is 10.5. The lowest BCUT2D eigenvalue weighted by Crippen LogP contribution is -2.24. The van der Waals surface area contributed by atoms with Crippen LogP contribution >= 0.6 is 22.9 Å². The maximum Gasteiger partial charge on any atom is 0.223 e. The molecule has 0 radical (unpaired) electrons. The minimum atomic E-state index is -0.107. The number of likely N-dealkylation sites (N-methyl/N-ethyl adjacent to an activating group) is 1. The van der Waals surface area contributed by atoms with Crippen LogP contribution in [0.5, 0.6) is 5.75 Å². The molecule has 7 heteroatoms. The van der Waals surface area contributed by atoms with E-state index in [1.807, 2.05) is 30.6 Å². The average Bonchev–Trinajstić information content (AvgIpc) is 2.85. The second-order valence-electron chi connectivity index (χ2n) is 4.87. The summed E-state index contributed by atoms with van der Waals surface area (Å²) >= 11 is 7.33. The molecule has 0 aliphatic rings. The number of carbonyl (C=O) groups is 1. The highest BCUT2D eigenvalue weighted by Gasteiger charge is 2.06. The van der Waals surface area contributed by atoms with Crippen LogP contribution in [0.2, 0.25) is 5.02 Å². The third-order valence-electron chi connectivity index (χ3n) is 2.80. The van der Waals surface area contributed by atoms with Crippen molar-refractivity contribution in [3.05, 3.63) is 40.4 Å². The molecule has 1 N–H and O–H groups in total. The fraction of sp³-hybridized carbons (Fsp3) is 0.333. The van der Waals surface area contributed by atoms with Crippen LogP contribution in [0.1, 0.15) is 12.6 Å². The largest absolute Gasteiger partial charge is 0.492 e. The molecule has 2 rings (SSSR count). The maximum atomic E-state index is 11.0. The van der Waals surface area contributed by atoms with Gasteiger partial charge < -0.3 is 10.1 Å². The second-order valence-corrected chi connectivity index (χ2v) is 6.16. The summed E-state index contributed by atoms with van der Waals surface area (Å²) in [5.74, 6) is 0.659. The van der Waals surface area contributed by atoms with Gasteiger partial charge in [0.2, 0.25) is 5.91 Å². The highest BCUT2D eigenvalue weighted by molar-refractivity contribution is 7.13. The third-order valence-corrected chi connectivity index (χ3v) is 3.85. The summed E-state index contributed by atoms with van der Waals surface area (Å²) in [5, 5.41) is 5.92. The molecule has 0 saturated heterocycles. The van der Waals surface area contributed by atoms with E-state index < -0.39 is 0 Å². The molecule has 0 bridgehead atoms. The molecule has 1 aromatic heterocycles. The Morgan fingerprint density at radius 1 is 1.50 bits per heavy atom. The van der Waals surface area contributed by atoms with Gasteiger partial charge in [0.1, 0.15) is 12.4 Å². The number of benzene rings is 1. The van der Waals surface area contributed by atoms with E-state index in [2.05, 4.69) is 15.2 Å². The Bertz CT molecular complexity index is 633. The molecule has 1 amide bonds. The maximum absolute atomic E-state index is 11.0. The van der Waals surface area contributed by atoms with Gasteiger partial charge >= 0.3 is 0 Å². The highest BCUT2D eigenvalue weighted by atomic mass is 35.5. The molecule has 0 spiro atoms. The summed E-state index contributed by atoms with van der Waals surface area (Å²) in [6.45, 7) is 3.51. The third kappa shape index (κ3) is 5.63. The van der Waals surface area contributed by atoms with Crippen molar-refractivity contribution in [2.75, 3.05) is 25.5 Å². The van der Waals surface area contributed by atoms with Gasteiger partial charge in [0.15, 0.2) is 5.13 Å². The standard InChI is InChI=1S/C15H18ClN3O2S/c1-11(20)17-15-18-13(10-22-15)9-19(2)6-7-21-14-5-3-4-12(16)8-14/h3-5,8,10H,6-7,9H2,1-2H3,(H,17,18,20). The summed E-state index contributed by atoms with van der Waals surface area (Å²) in [6, 6.07) is 7.35. The molecule has 1 heterocycles. The van der Waals surface area contributed by atoms with E-state index in [-0.39, 0.29) is 5.91 Å². The summed E-state index contributed by atoms with van der Waals surface area (Å²) in [6.07, 6.45) is 0. The van der Waals surface area contributed by atoms with Crippen LogP contribution in [0.3, 0.4) is 0 Å². The number of amides is 1. The number of ether oxygens (including phenoxy) is 1. The van der Waals surface area contributed by atoms with Gasteiger partial charge in [-0.2, -0.15) is 0 Å². The van der Waals surface area contributed by atoms with E-state index in [9.17, 15) is 4.79 Å². The molecule has 0 aliphatic heterocycles. The van der Waals surface area contributed by atoms with E-state index in [1.54, 1.807) is 6.07 Å². The quantitative estimate of drug-likeness (QED) is 0.841. The Morgan fingerprint density at radius 2 is 2.32 bits per heavy atom. The van der Waals surface area contributed by atoms with Crippen molar-refractivity contribution in [3.63, 3.8) is 0 Å². The van der Waals surface area contributed by atoms with Crippen molar-refractivity contribution in [1.82, 2.24) is 9.88 Å². The molecular weight excluding hydrogens is 322 g/mol. The first kappa shape index (κ1) is 16.7. The zero-order chi connectivity index (χ0) is 15.9. The van der Waals surface area contributed by atoms with Crippen LogP contribution < -0.4 is 10.1 Å². The Hall–Kier alpha value is -1.63. The average molecular weight is 340 g/mol. The van der Waals surface area contributed by atoms with E-state index >= 15 is 0 Å². The Morgan fingerprint density at radius 3 is 3.05 bits per heavy atom. The molecule has 1 aromatic carbocycles. The molecule has 0 atom stereocenters. The minimum absolute atomic E-state index is 0.107. The number of nitrogens with one attached hydrogen (secondary N) is 1. The zero-order valence-electron chi connectivity index (χ0n) is 12.5. The van der Waals surface area contributed by atoms with Crippen LogP contribution in [-0.4, -0.2) is 36.0 Å². The molecule has 2 aromatic rings. The topological polar surface area (TPSA) is 54.5 Å². The predicted octanol–water partition coefficient (Wildman–Crippen LogP) is 3.27. The fourth-order valence-corrected chi connectivity index (χ4v) is 2.75. The number of rotatable bonds is 7. The lowest BCUT2D eigenvalue weighted by Gasteiger charge is -2.15. The number of halogens is 1. The Balaban J connectivity index is 1.74. The van der Waals surface area contributed by atoms with Gasteiger partial charge in [0.05, 0.1) is 5.69 Å². The number of aromatic nitrogens is 1. The van der Waals surface area contributed by atoms with Crippen LogP contribution in [0.4, 0.5) is 5.13 Å². The van der Waals surface area contributed by atoms with Crippen molar-refractivity contribution >= 4 is 34.0 Å². The molecule has 0 saturated carbocycles. The van der Waals surface area contributed by atoms with Gasteiger partial charge in [-0.3, -0.25) is 9.69 Å². The Labute approximate surface area is 138 Å². The molecule has 5 nitrogen and oxygen atoms in total. The Kier molecular flexibility index (Phi) is 6.18. The molecule has 118 valence electrons. The first-order valence-electron chi connectivity index (χ1n) is 6.82. The van der Waals surface area contributed by atoms with Gasteiger partial charge in [-0.1, -0.05) is 17.7 Å². The highest BCUT2D eigenvalue weighted by Crippen LogP contribution is 2.18. The monoisotopic (exact) mass is 339 g/mol. The molecule has 22 heavy (non-hydrogen) atoms. The van der Waals surface area contributed by atoms with Gasteiger partial charge in [0.25, 0.3) is 0 Å². The first-order valence-corrected chi connectivity index (χ1v) is 8.07. The summed E-state index contributed by atoms with van der Waals surface area (Å²) in [7, 11) is 2.00. The SMILES string of the molecule is CC(=O)Nc1nc(CN(C)CCOc2cccc(Cl)c2)cs1. The molecule has 0 aliphatic carbocycles. The smallest absolute Gasteiger partial charge is 0.223 e. The van der Waals surface area contributed by atoms with Crippen LogP contribution in [-0.2, 0) is 11.3 Å².